The van der Waals surface area contributed by atoms with E-state index >= 15 is 0 Å². The van der Waals surface area contributed by atoms with Crippen molar-refractivity contribution in [2.45, 2.75) is 5.16 Å². The minimum atomic E-state index is -0.354. The van der Waals surface area contributed by atoms with Gasteiger partial charge in [0.1, 0.15) is 11.1 Å². The van der Waals surface area contributed by atoms with Crippen LogP contribution in [0, 0.1) is 0 Å². The van der Waals surface area contributed by atoms with E-state index in [-0.39, 0.29) is 22.8 Å². The molecular formula is C18H13N3O3S. The van der Waals surface area contributed by atoms with Crippen molar-refractivity contribution >= 4 is 45.4 Å². The second-order valence-electron chi connectivity index (χ2n) is 5.35. The monoisotopic (exact) mass is 351 g/mol. The Bertz CT molecular complexity index is 1120. The lowest BCUT2D eigenvalue weighted by Crippen LogP contribution is -2.15. The molecule has 124 valence electrons. The van der Waals surface area contributed by atoms with E-state index in [9.17, 15) is 9.59 Å². The zero-order chi connectivity index (χ0) is 17.2. The molecule has 4 aromatic rings. The maximum Gasteiger partial charge on any atom is 0.295 e. The van der Waals surface area contributed by atoms with Crippen LogP contribution in [0.2, 0.25) is 0 Å². The highest BCUT2D eigenvalue weighted by Crippen LogP contribution is 2.26. The summed E-state index contributed by atoms with van der Waals surface area (Å²) in [5.41, 5.74) is 1.68. The zero-order valence-electron chi connectivity index (χ0n) is 13.0. The number of nitrogens with zero attached hydrogens (tertiary/aromatic N) is 1. The average molecular weight is 351 g/mol. The van der Waals surface area contributed by atoms with Gasteiger partial charge < -0.3 is 9.73 Å². The van der Waals surface area contributed by atoms with E-state index < -0.39 is 0 Å². The van der Waals surface area contributed by atoms with Crippen molar-refractivity contribution in [3.05, 3.63) is 65.0 Å². The number of carbonyl (C=O) groups is 1. The predicted molar refractivity (Wildman–Crippen MR) is 97.9 cm³/mol. The number of aromatic amines is 1. The number of H-pyrrole nitrogens is 1. The lowest BCUT2D eigenvalue weighted by molar-refractivity contribution is -0.113. The summed E-state index contributed by atoms with van der Waals surface area (Å²) in [6, 6.07) is 16.5. The van der Waals surface area contributed by atoms with Crippen LogP contribution in [0.25, 0.3) is 22.1 Å². The van der Waals surface area contributed by atoms with Crippen molar-refractivity contribution in [1.29, 1.82) is 0 Å². The lowest BCUT2D eigenvalue weighted by atomic mass is 10.2. The SMILES string of the molecule is O=C(CSc1nc2c(oc3ccccc32)c(=O)[nH]1)Nc1ccccc1. The van der Waals surface area contributed by atoms with Gasteiger partial charge >= 0.3 is 0 Å². The largest absolute Gasteiger partial charge is 0.449 e. The van der Waals surface area contributed by atoms with E-state index in [1.165, 1.54) is 11.8 Å². The fourth-order valence-electron chi connectivity index (χ4n) is 2.50. The number of hydrogen-bond acceptors (Lipinski definition) is 5. The Hall–Kier alpha value is -3.06. The van der Waals surface area contributed by atoms with Crippen molar-refractivity contribution in [1.82, 2.24) is 9.97 Å². The molecule has 2 aromatic carbocycles. The molecule has 6 nitrogen and oxygen atoms in total. The van der Waals surface area contributed by atoms with Crippen LogP contribution in [-0.4, -0.2) is 21.6 Å². The third-order valence-electron chi connectivity index (χ3n) is 3.61. The molecule has 0 atom stereocenters. The second kappa shape index (κ2) is 6.45. The molecule has 2 N–H and O–H groups in total. The number of rotatable bonds is 4. The van der Waals surface area contributed by atoms with Crippen LogP contribution in [0.4, 0.5) is 5.69 Å². The Morgan fingerprint density at radius 2 is 1.88 bits per heavy atom. The molecule has 0 aliphatic rings. The molecule has 0 unspecified atom stereocenters. The number of aromatic nitrogens is 2. The standard InChI is InChI=1S/C18H13N3O3S/c22-14(19-11-6-2-1-3-7-11)10-25-18-20-15-12-8-4-5-9-13(12)24-16(15)17(23)21-18/h1-9H,10H2,(H,19,22)(H,20,21,23). The van der Waals surface area contributed by atoms with Gasteiger partial charge in [-0.1, -0.05) is 42.1 Å². The molecule has 0 saturated carbocycles. The van der Waals surface area contributed by atoms with Gasteiger partial charge in [-0.15, -0.1) is 0 Å². The summed E-state index contributed by atoms with van der Waals surface area (Å²) in [7, 11) is 0. The van der Waals surface area contributed by atoms with Gasteiger partial charge in [-0.2, -0.15) is 0 Å². The van der Waals surface area contributed by atoms with Gasteiger partial charge in [0.05, 0.1) is 5.75 Å². The van der Waals surface area contributed by atoms with Gasteiger partial charge in [0.25, 0.3) is 5.56 Å². The van der Waals surface area contributed by atoms with Crippen molar-refractivity contribution in [2.75, 3.05) is 11.1 Å². The smallest absolute Gasteiger partial charge is 0.295 e. The summed E-state index contributed by atoms with van der Waals surface area (Å²) in [6.45, 7) is 0. The van der Waals surface area contributed by atoms with E-state index in [1.807, 2.05) is 48.5 Å². The molecule has 0 bridgehead atoms. The average Bonchev–Trinajstić information content (AvgIpc) is 3.00. The Morgan fingerprint density at radius 3 is 2.72 bits per heavy atom. The molecule has 0 fully saturated rings. The minimum Gasteiger partial charge on any atom is -0.449 e. The molecule has 2 aromatic heterocycles. The summed E-state index contributed by atoms with van der Waals surface area (Å²) in [5, 5.41) is 3.95. The normalized spacial score (nSPS) is 11.0. The fraction of sp³-hybridized carbons (Fsp3) is 0.0556. The highest BCUT2D eigenvalue weighted by molar-refractivity contribution is 7.99. The molecule has 25 heavy (non-hydrogen) atoms. The van der Waals surface area contributed by atoms with Crippen molar-refractivity contribution in [3.63, 3.8) is 0 Å². The molecule has 0 spiro atoms. The van der Waals surface area contributed by atoms with Crippen molar-refractivity contribution in [2.24, 2.45) is 0 Å². The van der Waals surface area contributed by atoms with Crippen LogP contribution in [0.5, 0.6) is 0 Å². The number of benzene rings is 2. The summed E-state index contributed by atoms with van der Waals surface area (Å²) >= 11 is 1.17. The number of nitrogens with one attached hydrogen (secondary N) is 2. The first-order valence-corrected chi connectivity index (χ1v) is 8.58. The number of fused-ring (bicyclic) bond motifs is 3. The minimum absolute atomic E-state index is 0.138. The molecule has 7 heteroatoms. The summed E-state index contributed by atoms with van der Waals surface area (Å²) in [5.74, 6) is -0.0324. The Morgan fingerprint density at radius 1 is 1.12 bits per heavy atom. The molecule has 4 rings (SSSR count). The van der Waals surface area contributed by atoms with Gasteiger partial charge in [0.15, 0.2) is 5.16 Å². The van der Waals surface area contributed by atoms with E-state index in [2.05, 4.69) is 15.3 Å². The fourth-order valence-corrected chi connectivity index (χ4v) is 3.16. The quantitative estimate of drug-likeness (QED) is 0.435. The van der Waals surface area contributed by atoms with Crippen LogP contribution in [0.15, 0.2) is 69.0 Å². The molecule has 0 radical (unpaired) electrons. The summed E-state index contributed by atoms with van der Waals surface area (Å²) < 4.78 is 5.55. The maximum atomic E-state index is 12.2. The highest BCUT2D eigenvalue weighted by Gasteiger charge is 2.14. The highest BCUT2D eigenvalue weighted by atomic mass is 32.2. The lowest BCUT2D eigenvalue weighted by Gasteiger charge is -2.04. The first-order valence-electron chi connectivity index (χ1n) is 7.60. The molecule has 0 saturated heterocycles. The number of thioether (sulfide) groups is 1. The van der Waals surface area contributed by atoms with Crippen molar-refractivity contribution in [3.8, 4) is 0 Å². The summed E-state index contributed by atoms with van der Waals surface area (Å²) in [6.07, 6.45) is 0. The van der Waals surface area contributed by atoms with E-state index in [4.69, 9.17) is 4.42 Å². The van der Waals surface area contributed by atoms with Gasteiger partial charge in [0.2, 0.25) is 11.5 Å². The first-order chi connectivity index (χ1) is 12.2. The van der Waals surface area contributed by atoms with Crippen LogP contribution in [0.1, 0.15) is 0 Å². The number of anilines is 1. The number of carbonyl (C=O) groups excluding carboxylic acids is 1. The van der Waals surface area contributed by atoms with E-state index in [0.717, 1.165) is 11.1 Å². The summed E-state index contributed by atoms with van der Waals surface area (Å²) in [4.78, 5) is 31.3. The Labute approximate surface area is 146 Å². The Kier molecular flexibility index (Phi) is 3.99. The number of para-hydroxylation sites is 2. The van der Waals surface area contributed by atoms with Gasteiger partial charge in [0, 0.05) is 11.1 Å². The molecular weight excluding hydrogens is 338 g/mol. The van der Waals surface area contributed by atoms with Crippen LogP contribution in [-0.2, 0) is 4.79 Å². The molecule has 0 aliphatic heterocycles. The van der Waals surface area contributed by atoms with Crippen LogP contribution >= 0.6 is 11.8 Å². The van der Waals surface area contributed by atoms with Gasteiger partial charge in [-0.25, -0.2) is 4.98 Å². The second-order valence-corrected chi connectivity index (χ2v) is 6.31. The number of hydrogen-bond donors (Lipinski definition) is 2. The zero-order valence-corrected chi connectivity index (χ0v) is 13.8. The third-order valence-corrected chi connectivity index (χ3v) is 4.48. The Balaban J connectivity index is 1.56. The third kappa shape index (κ3) is 3.14. The predicted octanol–water partition coefficient (Wildman–Crippen LogP) is 3.40. The molecule has 2 heterocycles. The van der Waals surface area contributed by atoms with E-state index in [0.29, 0.717) is 16.3 Å². The van der Waals surface area contributed by atoms with Crippen molar-refractivity contribution < 1.29 is 9.21 Å². The van der Waals surface area contributed by atoms with Gasteiger partial charge in [-0.05, 0) is 24.3 Å². The molecule has 0 aliphatic carbocycles. The van der Waals surface area contributed by atoms with Crippen LogP contribution in [0.3, 0.4) is 0 Å². The molecule has 1 amide bonds. The number of furan rings is 1. The van der Waals surface area contributed by atoms with Crippen LogP contribution < -0.4 is 10.9 Å². The van der Waals surface area contributed by atoms with Gasteiger partial charge in [-0.3, -0.25) is 14.6 Å². The van der Waals surface area contributed by atoms with E-state index in [1.54, 1.807) is 6.07 Å². The topological polar surface area (TPSA) is 88.0 Å². The first kappa shape index (κ1) is 15.5. The number of amides is 1. The maximum absolute atomic E-state index is 12.2.